The molecule has 4 heteroatoms. The highest BCUT2D eigenvalue weighted by atomic mass is 16.7. The molecule has 82 valence electrons. The minimum atomic E-state index is -0.558. The summed E-state index contributed by atoms with van der Waals surface area (Å²) < 4.78 is 10.0. The monoisotopic (exact) mass is 202 g/mol. The van der Waals surface area contributed by atoms with E-state index in [0.29, 0.717) is 18.6 Å². The molecule has 0 aromatic carbocycles. The fraction of sp³-hybridized carbons (Fsp3) is 0.700. The van der Waals surface area contributed by atoms with E-state index in [2.05, 4.69) is 6.58 Å². The molecule has 1 unspecified atom stereocenters. The molecule has 0 radical (unpaired) electrons. The number of unbranched alkanes of at least 4 members (excludes halogenated alkanes) is 1. The Bertz CT molecular complexity index is 189. The zero-order chi connectivity index (χ0) is 11.0. The molecular formula is C10H18O4. The minimum Gasteiger partial charge on any atom is -0.433 e. The average molecular weight is 202 g/mol. The Labute approximate surface area is 84.5 Å². The Hall–Kier alpha value is -0.870. The summed E-state index contributed by atoms with van der Waals surface area (Å²) in [6.45, 7) is 7.32. The van der Waals surface area contributed by atoms with Gasteiger partial charge in [0.05, 0.1) is 6.61 Å². The number of rotatable bonds is 7. The van der Waals surface area contributed by atoms with E-state index in [1.807, 2.05) is 0 Å². The maximum absolute atomic E-state index is 11.0. The van der Waals surface area contributed by atoms with Gasteiger partial charge in [0.1, 0.15) is 0 Å². The van der Waals surface area contributed by atoms with Crippen molar-refractivity contribution in [1.29, 1.82) is 0 Å². The van der Waals surface area contributed by atoms with Crippen molar-refractivity contribution in [3.05, 3.63) is 12.2 Å². The van der Waals surface area contributed by atoms with Crippen LogP contribution in [0.4, 0.5) is 0 Å². The van der Waals surface area contributed by atoms with Crippen molar-refractivity contribution < 1.29 is 19.4 Å². The second-order valence-electron chi connectivity index (χ2n) is 3.05. The molecule has 0 saturated heterocycles. The van der Waals surface area contributed by atoms with Crippen LogP contribution in [0.25, 0.3) is 0 Å². The molecule has 0 aromatic heterocycles. The van der Waals surface area contributed by atoms with E-state index >= 15 is 0 Å². The van der Waals surface area contributed by atoms with Crippen LogP contribution in [0.3, 0.4) is 0 Å². The summed E-state index contributed by atoms with van der Waals surface area (Å²) in [5.41, 5.74) is 0.357. The normalized spacial score (nSPS) is 12.2. The highest BCUT2D eigenvalue weighted by Gasteiger charge is 2.09. The highest BCUT2D eigenvalue weighted by Crippen LogP contribution is 2.01. The molecule has 0 amide bonds. The summed E-state index contributed by atoms with van der Waals surface area (Å²) >= 11 is 0. The molecule has 0 rings (SSSR count). The number of hydrogen-bond donors (Lipinski definition) is 1. The lowest BCUT2D eigenvalue weighted by molar-refractivity contribution is -0.170. The maximum Gasteiger partial charge on any atom is 0.335 e. The Balaban J connectivity index is 3.50. The molecule has 0 bridgehead atoms. The van der Waals surface area contributed by atoms with Gasteiger partial charge < -0.3 is 14.6 Å². The molecule has 1 N–H and O–H groups in total. The van der Waals surface area contributed by atoms with Crippen LogP contribution in [-0.2, 0) is 14.3 Å². The predicted octanol–water partition coefficient (Wildman–Crippen LogP) is 1.24. The van der Waals surface area contributed by atoms with Gasteiger partial charge in [-0.3, -0.25) is 0 Å². The second kappa shape index (κ2) is 7.53. The van der Waals surface area contributed by atoms with Gasteiger partial charge in [0.25, 0.3) is 0 Å². The lowest BCUT2D eigenvalue weighted by Crippen LogP contribution is -2.19. The van der Waals surface area contributed by atoms with Crippen LogP contribution in [0, 0.1) is 0 Å². The van der Waals surface area contributed by atoms with Crippen molar-refractivity contribution in [2.45, 2.75) is 33.0 Å². The number of carbonyl (C=O) groups is 1. The predicted molar refractivity (Wildman–Crippen MR) is 52.6 cm³/mol. The molecule has 0 spiro atoms. The van der Waals surface area contributed by atoms with Crippen LogP contribution in [0.5, 0.6) is 0 Å². The quantitative estimate of drug-likeness (QED) is 0.292. The first-order valence-corrected chi connectivity index (χ1v) is 4.67. The fourth-order valence-corrected chi connectivity index (χ4v) is 0.749. The molecule has 0 aliphatic rings. The number of carbonyl (C=O) groups excluding carboxylic acids is 1. The summed E-state index contributed by atoms with van der Waals surface area (Å²) in [5.74, 6) is -0.445. The summed E-state index contributed by atoms with van der Waals surface area (Å²) in [7, 11) is 0. The smallest absolute Gasteiger partial charge is 0.335 e. The van der Waals surface area contributed by atoms with Crippen molar-refractivity contribution in [1.82, 2.24) is 0 Å². The van der Waals surface area contributed by atoms with Gasteiger partial charge in [0, 0.05) is 12.2 Å². The average Bonchev–Trinajstić information content (AvgIpc) is 2.12. The molecule has 0 heterocycles. The van der Waals surface area contributed by atoms with Crippen LogP contribution < -0.4 is 0 Å². The minimum absolute atomic E-state index is 0.156. The molecule has 0 aromatic rings. The molecule has 0 fully saturated rings. The second-order valence-corrected chi connectivity index (χ2v) is 3.05. The number of aliphatic hydroxyl groups excluding tert-OH is 1. The molecule has 0 aliphatic heterocycles. The van der Waals surface area contributed by atoms with E-state index in [1.54, 1.807) is 13.8 Å². The number of aliphatic hydroxyl groups is 1. The molecule has 4 nitrogen and oxygen atoms in total. The first-order chi connectivity index (χ1) is 6.57. The first-order valence-electron chi connectivity index (χ1n) is 4.67. The summed E-state index contributed by atoms with van der Waals surface area (Å²) in [5, 5.41) is 8.50. The molecular weight excluding hydrogens is 184 g/mol. The number of hydrogen-bond acceptors (Lipinski definition) is 4. The Morgan fingerprint density at radius 3 is 2.64 bits per heavy atom. The number of ether oxygens (including phenoxy) is 2. The third kappa shape index (κ3) is 6.62. The van der Waals surface area contributed by atoms with E-state index in [-0.39, 0.29) is 6.61 Å². The van der Waals surface area contributed by atoms with Gasteiger partial charge in [-0.15, -0.1) is 0 Å². The summed E-state index contributed by atoms with van der Waals surface area (Å²) in [4.78, 5) is 11.0. The Kier molecular flexibility index (Phi) is 7.06. The van der Waals surface area contributed by atoms with E-state index in [9.17, 15) is 4.79 Å². The van der Waals surface area contributed by atoms with Gasteiger partial charge in [-0.2, -0.15) is 0 Å². The lowest BCUT2D eigenvalue weighted by atomic mass is 10.3. The van der Waals surface area contributed by atoms with Crippen molar-refractivity contribution in [3.63, 3.8) is 0 Å². The Morgan fingerprint density at radius 1 is 1.50 bits per heavy atom. The topological polar surface area (TPSA) is 55.8 Å². The highest BCUT2D eigenvalue weighted by molar-refractivity contribution is 5.86. The van der Waals surface area contributed by atoms with E-state index < -0.39 is 12.3 Å². The third-order valence-electron chi connectivity index (χ3n) is 1.53. The maximum atomic E-state index is 11.0. The van der Waals surface area contributed by atoms with Crippen LogP contribution in [0.2, 0.25) is 0 Å². The SMILES string of the molecule is C=C(C)C(=O)OC(C)OCCCCO. The number of esters is 1. The van der Waals surface area contributed by atoms with Crippen molar-refractivity contribution in [2.24, 2.45) is 0 Å². The van der Waals surface area contributed by atoms with Gasteiger partial charge in [-0.05, 0) is 26.7 Å². The zero-order valence-corrected chi connectivity index (χ0v) is 8.78. The van der Waals surface area contributed by atoms with Gasteiger partial charge in [0.2, 0.25) is 0 Å². The lowest BCUT2D eigenvalue weighted by Gasteiger charge is -2.13. The van der Waals surface area contributed by atoms with E-state index in [4.69, 9.17) is 14.6 Å². The van der Waals surface area contributed by atoms with Crippen LogP contribution in [0.15, 0.2) is 12.2 Å². The van der Waals surface area contributed by atoms with Gasteiger partial charge >= 0.3 is 5.97 Å². The van der Waals surface area contributed by atoms with Crippen LogP contribution >= 0.6 is 0 Å². The van der Waals surface area contributed by atoms with Crippen molar-refractivity contribution >= 4 is 5.97 Å². The summed E-state index contributed by atoms with van der Waals surface area (Å²) in [6.07, 6.45) is 0.893. The van der Waals surface area contributed by atoms with Gasteiger partial charge in [0.15, 0.2) is 6.29 Å². The first kappa shape index (κ1) is 13.1. The van der Waals surface area contributed by atoms with Crippen molar-refractivity contribution in [3.8, 4) is 0 Å². The zero-order valence-electron chi connectivity index (χ0n) is 8.78. The van der Waals surface area contributed by atoms with Crippen LogP contribution in [-0.4, -0.2) is 30.6 Å². The fourth-order valence-electron chi connectivity index (χ4n) is 0.749. The molecule has 0 saturated carbocycles. The van der Waals surface area contributed by atoms with E-state index in [0.717, 1.165) is 6.42 Å². The largest absolute Gasteiger partial charge is 0.433 e. The van der Waals surface area contributed by atoms with Crippen molar-refractivity contribution in [2.75, 3.05) is 13.2 Å². The van der Waals surface area contributed by atoms with Gasteiger partial charge in [-0.1, -0.05) is 6.58 Å². The molecule has 14 heavy (non-hydrogen) atoms. The van der Waals surface area contributed by atoms with Gasteiger partial charge in [-0.25, -0.2) is 4.79 Å². The van der Waals surface area contributed by atoms with Crippen LogP contribution in [0.1, 0.15) is 26.7 Å². The Morgan fingerprint density at radius 2 is 2.14 bits per heavy atom. The standard InChI is InChI=1S/C10H18O4/c1-8(2)10(12)14-9(3)13-7-5-4-6-11/h9,11H,1,4-7H2,2-3H3. The molecule has 0 aliphatic carbocycles. The molecule has 1 atom stereocenters. The summed E-state index contributed by atoms with van der Waals surface area (Å²) in [6, 6.07) is 0. The van der Waals surface area contributed by atoms with E-state index in [1.165, 1.54) is 0 Å². The third-order valence-corrected chi connectivity index (χ3v) is 1.53.